The van der Waals surface area contributed by atoms with Crippen LogP contribution in [0.4, 0.5) is 0 Å². The first-order chi connectivity index (χ1) is 15.4. The van der Waals surface area contributed by atoms with Gasteiger partial charge in [0, 0.05) is 25.9 Å². The van der Waals surface area contributed by atoms with Crippen LogP contribution in [-0.4, -0.2) is 39.4 Å². The van der Waals surface area contributed by atoms with Gasteiger partial charge in [-0.25, -0.2) is 4.98 Å². The van der Waals surface area contributed by atoms with Crippen molar-refractivity contribution in [2.24, 2.45) is 0 Å². The van der Waals surface area contributed by atoms with Crippen LogP contribution in [-0.2, 0) is 16.1 Å². The molecule has 6 nitrogen and oxygen atoms in total. The Morgan fingerprint density at radius 2 is 2.03 bits per heavy atom. The Balaban J connectivity index is 1.55. The highest BCUT2D eigenvalue weighted by Crippen LogP contribution is 2.27. The molecule has 1 aromatic carbocycles. The number of hydrogen-bond acceptors (Lipinski definition) is 5. The van der Waals surface area contributed by atoms with Crippen molar-refractivity contribution in [2.75, 3.05) is 6.54 Å². The summed E-state index contributed by atoms with van der Waals surface area (Å²) in [5.74, 6) is 0.124. The number of aryl methyl sites for hydroxylation is 1. The van der Waals surface area contributed by atoms with E-state index in [1.165, 1.54) is 0 Å². The van der Waals surface area contributed by atoms with Crippen molar-refractivity contribution in [1.82, 2.24) is 15.2 Å². The topological polar surface area (TPSA) is 82.5 Å². The fourth-order valence-corrected chi connectivity index (χ4v) is 4.56. The molecule has 170 valence electrons. The molecule has 0 saturated carbocycles. The molecule has 32 heavy (non-hydrogen) atoms. The Hall–Kier alpha value is -2.93. The number of amides is 2. The van der Waals surface area contributed by atoms with Gasteiger partial charge in [-0.15, -0.1) is 11.3 Å². The average molecular weight is 454 g/mol. The maximum Gasteiger partial charge on any atom is 0.243 e. The summed E-state index contributed by atoms with van der Waals surface area (Å²) in [7, 11) is 0. The second kappa shape index (κ2) is 11.1. The summed E-state index contributed by atoms with van der Waals surface area (Å²) < 4.78 is 0. The van der Waals surface area contributed by atoms with E-state index in [1.807, 2.05) is 50.5 Å². The van der Waals surface area contributed by atoms with Crippen LogP contribution in [0, 0.1) is 6.92 Å². The molecule has 2 aromatic rings. The van der Waals surface area contributed by atoms with Crippen molar-refractivity contribution < 1.29 is 14.7 Å². The zero-order chi connectivity index (χ0) is 23.1. The summed E-state index contributed by atoms with van der Waals surface area (Å²) in [5.41, 5.74) is 5.86. The van der Waals surface area contributed by atoms with Crippen LogP contribution in [0.3, 0.4) is 0 Å². The second-order valence-corrected chi connectivity index (χ2v) is 8.98. The van der Waals surface area contributed by atoms with Gasteiger partial charge in [-0.1, -0.05) is 42.8 Å². The lowest BCUT2D eigenvalue weighted by Crippen LogP contribution is -2.45. The van der Waals surface area contributed by atoms with Crippen molar-refractivity contribution in [3.63, 3.8) is 0 Å². The van der Waals surface area contributed by atoms with E-state index in [0.29, 0.717) is 25.9 Å². The van der Waals surface area contributed by atoms with Crippen LogP contribution in [0.15, 0.2) is 53.3 Å². The van der Waals surface area contributed by atoms with E-state index < -0.39 is 6.04 Å². The Morgan fingerprint density at radius 3 is 2.69 bits per heavy atom. The quantitative estimate of drug-likeness (QED) is 0.439. The number of aliphatic hydroxyl groups is 1. The number of likely N-dealkylation sites (tertiary alicyclic amines) is 1. The number of nitrogens with one attached hydrogen (secondary N) is 1. The van der Waals surface area contributed by atoms with Crippen molar-refractivity contribution in [3.05, 3.63) is 64.5 Å². The molecule has 3 rings (SSSR count). The zero-order valence-electron chi connectivity index (χ0n) is 18.9. The molecule has 2 amide bonds. The molecule has 1 fully saturated rings. The lowest BCUT2D eigenvalue weighted by molar-refractivity contribution is -0.138. The van der Waals surface area contributed by atoms with E-state index in [4.69, 9.17) is 0 Å². The van der Waals surface area contributed by atoms with Crippen LogP contribution in [0.5, 0.6) is 0 Å². The molecule has 2 N–H and O–H groups in total. The van der Waals surface area contributed by atoms with E-state index in [-0.39, 0.29) is 24.0 Å². The minimum absolute atomic E-state index is 0.0509. The number of allylic oxidation sites excluding steroid dienone is 3. The van der Waals surface area contributed by atoms with Gasteiger partial charge in [0.05, 0.1) is 21.8 Å². The highest BCUT2D eigenvalue weighted by atomic mass is 32.1. The van der Waals surface area contributed by atoms with Gasteiger partial charge in [0.15, 0.2) is 0 Å². The number of benzene rings is 1. The standard InChI is InChI=1S/C25H31N3O3S/c1-4-21(29)12-7-17(2)14-23(30)28-13-5-6-22(28)25(31)26-15-19-8-10-20(11-9-19)24-18(3)27-16-32-24/h7-12,16,22,29H,4-6,13-15H2,1-3H3,(H,26,31)/b17-7-,21-12+/t22-/m0/s1. The summed E-state index contributed by atoms with van der Waals surface area (Å²) in [6.45, 7) is 6.75. The predicted molar refractivity (Wildman–Crippen MR) is 128 cm³/mol. The molecule has 1 atom stereocenters. The number of aromatic nitrogens is 1. The van der Waals surface area contributed by atoms with Crippen LogP contribution in [0.2, 0.25) is 0 Å². The molecule has 1 aromatic heterocycles. The Kier molecular flexibility index (Phi) is 8.22. The molecular formula is C25H31N3O3S. The average Bonchev–Trinajstić information content (AvgIpc) is 3.45. The number of hydrogen-bond donors (Lipinski definition) is 2. The van der Waals surface area contributed by atoms with Gasteiger partial charge in [-0.05, 0) is 43.9 Å². The summed E-state index contributed by atoms with van der Waals surface area (Å²) in [6.07, 6.45) is 5.69. The fraction of sp³-hybridized carbons (Fsp3) is 0.400. The predicted octanol–water partition coefficient (Wildman–Crippen LogP) is 4.91. The minimum atomic E-state index is -0.422. The molecule has 1 aliphatic rings. The maximum atomic E-state index is 12.8. The first kappa shape index (κ1) is 23.7. The SMILES string of the molecule is CC/C(O)=C\C=C(\C)CC(=O)N1CCC[C@H]1C(=O)NCc1ccc(-c2scnc2C)cc1. The highest BCUT2D eigenvalue weighted by molar-refractivity contribution is 7.13. The smallest absolute Gasteiger partial charge is 0.243 e. The van der Waals surface area contributed by atoms with Crippen LogP contribution in [0.1, 0.15) is 50.8 Å². The Morgan fingerprint density at radius 1 is 1.28 bits per heavy atom. The third kappa shape index (κ3) is 6.07. The molecular weight excluding hydrogens is 422 g/mol. The van der Waals surface area contributed by atoms with Gasteiger partial charge in [0.1, 0.15) is 6.04 Å². The normalized spacial score (nSPS) is 17.0. The van der Waals surface area contributed by atoms with Gasteiger partial charge in [-0.2, -0.15) is 0 Å². The molecule has 0 unspecified atom stereocenters. The number of nitrogens with zero attached hydrogens (tertiary/aromatic N) is 2. The van der Waals surface area contributed by atoms with E-state index in [0.717, 1.165) is 33.7 Å². The third-order valence-electron chi connectivity index (χ3n) is 5.66. The third-order valence-corrected chi connectivity index (χ3v) is 6.63. The lowest BCUT2D eigenvalue weighted by atomic mass is 10.1. The molecule has 0 spiro atoms. The van der Waals surface area contributed by atoms with E-state index in [2.05, 4.69) is 10.3 Å². The number of aliphatic hydroxyl groups excluding tert-OH is 1. The number of thiazole rings is 1. The minimum Gasteiger partial charge on any atom is -0.512 e. The summed E-state index contributed by atoms with van der Waals surface area (Å²) in [6, 6.07) is 7.70. The van der Waals surface area contributed by atoms with E-state index >= 15 is 0 Å². The first-order valence-corrected chi connectivity index (χ1v) is 11.9. The van der Waals surface area contributed by atoms with Gasteiger partial charge in [0.2, 0.25) is 11.8 Å². The monoisotopic (exact) mass is 453 g/mol. The van der Waals surface area contributed by atoms with Gasteiger partial charge in [-0.3, -0.25) is 9.59 Å². The number of carbonyl (C=O) groups is 2. The zero-order valence-corrected chi connectivity index (χ0v) is 19.7. The van der Waals surface area contributed by atoms with Gasteiger partial charge < -0.3 is 15.3 Å². The van der Waals surface area contributed by atoms with Crippen molar-refractivity contribution in [3.8, 4) is 10.4 Å². The molecule has 7 heteroatoms. The molecule has 0 radical (unpaired) electrons. The van der Waals surface area contributed by atoms with Crippen molar-refractivity contribution in [1.29, 1.82) is 0 Å². The molecule has 1 aliphatic heterocycles. The van der Waals surface area contributed by atoms with E-state index in [9.17, 15) is 14.7 Å². The fourth-order valence-electron chi connectivity index (χ4n) is 3.75. The Labute approximate surface area is 193 Å². The van der Waals surface area contributed by atoms with Crippen LogP contribution >= 0.6 is 11.3 Å². The molecule has 2 heterocycles. The summed E-state index contributed by atoms with van der Waals surface area (Å²) in [5, 5.41) is 12.6. The largest absolute Gasteiger partial charge is 0.512 e. The second-order valence-electron chi connectivity index (χ2n) is 8.13. The summed E-state index contributed by atoms with van der Waals surface area (Å²) in [4.78, 5) is 32.7. The molecule has 0 bridgehead atoms. The van der Waals surface area contributed by atoms with Gasteiger partial charge in [0.25, 0.3) is 0 Å². The number of rotatable bonds is 8. The first-order valence-electron chi connectivity index (χ1n) is 11.0. The lowest BCUT2D eigenvalue weighted by Gasteiger charge is -2.24. The van der Waals surface area contributed by atoms with Crippen LogP contribution < -0.4 is 5.32 Å². The van der Waals surface area contributed by atoms with Gasteiger partial charge >= 0.3 is 0 Å². The van der Waals surface area contributed by atoms with Crippen molar-refractivity contribution >= 4 is 23.2 Å². The van der Waals surface area contributed by atoms with Crippen molar-refractivity contribution in [2.45, 2.75) is 59.0 Å². The summed E-state index contributed by atoms with van der Waals surface area (Å²) >= 11 is 1.62. The Bertz CT molecular complexity index is 1010. The number of carbonyl (C=O) groups excluding carboxylic acids is 2. The van der Waals surface area contributed by atoms with Crippen LogP contribution in [0.25, 0.3) is 10.4 Å². The highest BCUT2D eigenvalue weighted by Gasteiger charge is 2.33. The molecule has 1 saturated heterocycles. The maximum absolute atomic E-state index is 12.8. The van der Waals surface area contributed by atoms with E-state index in [1.54, 1.807) is 28.4 Å². The molecule has 0 aliphatic carbocycles.